The molecule has 2 N–H and O–H groups in total. The molecule has 0 saturated heterocycles. The second-order valence-corrected chi connectivity index (χ2v) is 6.68. The zero-order valence-corrected chi connectivity index (χ0v) is 13.1. The van der Waals surface area contributed by atoms with Gasteiger partial charge in [0.15, 0.2) is 0 Å². The van der Waals surface area contributed by atoms with E-state index in [1.54, 1.807) is 4.68 Å². The number of carbonyl (C=O) groups excluding carboxylic acids is 1. The number of carboxylic acid groups (broad SMARTS) is 1. The number of carboxylic acids is 1. The van der Waals surface area contributed by atoms with Crippen molar-refractivity contribution < 1.29 is 14.7 Å². The van der Waals surface area contributed by atoms with Crippen molar-refractivity contribution in [3.63, 3.8) is 0 Å². The monoisotopic (exact) mass is 325 g/mol. The summed E-state index contributed by atoms with van der Waals surface area (Å²) in [5, 5.41) is 16.6. The second-order valence-electron chi connectivity index (χ2n) is 6.68. The van der Waals surface area contributed by atoms with Crippen LogP contribution in [0.2, 0.25) is 0 Å². The molecule has 2 fully saturated rings. The van der Waals surface area contributed by atoms with E-state index < -0.39 is 5.97 Å². The number of aliphatic carboxylic acids is 1. The number of rotatable bonds is 5. The summed E-state index contributed by atoms with van der Waals surface area (Å²) in [6, 6.07) is 11.6. The molecule has 1 heterocycles. The van der Waals surface area contributed by atoms with E-state index in [9.17, 15) is 14.7 Å². The summed E-state index contributed by atoms with van der Waals surface area (Å²) in [7, 11) is 0. The average Bonchev–Trinajstić information content (AvgIpc) is 3.08. The van der Waals surface area contributed by atoms with E-state index in [1.165, 1.54) is 0 Å². The van der Waals surface area contributed by atoms with Crippen LogP contribution < -0.4 is 5.32 Å². The maximum Gasteiger partial charge on any atom is 0.306 e. The fraction of sp³-hybridized carbons (Fsp3) is 0.389. The number of nitrogens with zero attached hydrogens (tertiary/aromatic N) is 2. The Morgan fingerprint density at radius 1 is 1.17 bits per heavy atom. The predicted molar refractivity (Wildman–Crippen MR) is 86.5 cm³/mol. The van der Waals surface area contributed by atoms with E-state index in [0.717, 1.165) is 12.1 Å². The molecule has 2 aliphatic rings. The highest BCUT2D eigenvalue weighted by atomic mass is 16.4. The van der Waals surface area contributed by atoms with Gasteiger partial charge in [-0.05, 0) is 42.9 Å². The Morgan fingerprint density at radius 3 is 2.67 bits per heavy atom. The van der Waals surface area contributed by atoms with Gasteiger partial charge in [-0.25, -0.2) is 4.68 Å². The quantitative estimate of drug-likeness (QED) is 0.875. The summed E-state index contributed by atoms with van der Waals surface area (Å²) in [5.41, 5.74) is 1.65. The molecule has 2 saturated carbocycles. The van der Waals surface area contributed by atoms with E-state index in [1.807, 2.05) is 42.6 Å². The summed E-state index contributed by atoms with van der Waals surface area (Å²) in [4.78, 5) is 23.4. The van der Waals surface area contributed by atoms with Crippen molar-refractivity contribution >= 4 is 11.9 Å². The van der Waals surface area contributed by atoms with Crippen LogP contribution in [0.5, 0.6) is 0 Å². The third-order valence-electron chi connectivity index (χ3n) is 5.10. The van der Waals surface area contributed by atoms with Crippen molar-refractivity contribution in [3.05, 3.63) is 48.3 Å². The topological polar surface area (TPSA) is 84.2 Å². The van der Waals surface area contributed by atoms with Crippen molar-refractivity contribution in [3.8, 4) is 5.69 Å². The van der Waals surface area contributed by atoms with Gasteiger partial charge in [-0.3, -0.25) is 9.59 Å². The maximum atomic E-state index is 12.2. The Balaban J connectivity index is 1.36. The van der Waals surface area contributed by atoms with Gasteiger partial charge >= 0.3 is 5.97 Å². The molecule has 124 valence electrons. The lowest BCUT2D eigenvalue weighted by atomic mass is 10.0. The minimum absolute atomic E-state index is 0.000177. The lowest BCUT2D eigenvalue weighted by Gasteiger charge is -2.15. The Morgan fingerprint density at radius 2 is 1.96 bits per heavy atom. The SMILES string of the molecule is O=C(Cc1ccn(-c2ccccc2)n1)N[C@H]1C[C@@H](C(=O)O)[C@@H]2C[C@@H]21. The highest BCUT2D eigenvalue weighted by Crippen LogP contribution is 2.55. The van der Waals surface area contributed by atoms with Gasteiger partial charge in [0.25, 0.3) is 0 Å². The Hall–Kier alpha value is -2.63. The largest absolute Gasteiger partial charge is 0.481 e. The first kappa shape index (κ1) is 14.9. The highest BCUT2D eigenvalue weighted by Gasteiger charge is 2.57. The summed E-state index contributed by atoms with van der Waals surface area (Å²) in [6.07, 6.45) is 3.52. The van der Waals surface area contributed by atoms with Gasteiger partial charge in [0.05, 0.1) is 23.7 Å². The number of hydrogen-bond acceptors (Lipinski definition) is 3. The van der Waals surface area contributed by atoms with Crippen LogP contribution >= 0.6 is 0 Å². The average molecular weight is 325 g/mol. The number of nitrogens with one attached hydrogen (secondary N) is 1. The Bertz CT molecular complexity index is 771. The minimum Gasteiger partial charge on any atom is -0.481 e. The molecule has 0 spiro atoms. The number of hydrogen-bond donors (Lipinski definition) is 2. The number of aromatic nitrogens is 2. The second kappa shape index (κ2) is 5.78. The molecule has 2 aromatic rings. The van der Waals surface area contributed by atoms with Crippen LogP contribution in [0.25, 0.3) is 5.69 Å². The molecular formula is C18H19N3O3. The molecule has 6 nitrogen and oxygen atoms in total. The fourth-order valence-corrected chi connectivity index (χ4v) is 3.84. The third-order valence-corrected chi connectivity index (χ3v) is 5.10. The number of amides is 1. The number of fused-ring (bicyclic) bond motifs is 1. The summed E-state index contributed by atoms with van der Waals surface area (Å²) in [5.74, 6) is -0.518. The van der Waals surface area contributed by atoms with Crippen LogP contribution in [0.4, 0.5) is 0 Å². The normalized spacial score (nSPS) is 27.5. The molecule has 4 rings (SSSR count). The lowest BCUT2D eigenvalue weighted by molar-refractivity contribution is -0.142. The van der Waals surface area contributed by atoms with Gasteiger partial charge in [0.2, 0.25) is 5.91 Å². The summed E-state index contributed by atoms with van der Waals surface area (Å²) in [6.45, 7) is 0. The molecular weight excluding hydrogens is 306 g/mol. The Labute approximate surface area is 139 Å². The minimum atomic E-state index is -0.735. The first-order chi connectivity index (χ1) is 11.6. The van der Waals surface area contributed by atoms with Gasteiger partial charge in [-0.15, -0.1) is 0 Å². The van der Waals surface area contributed by atoms with E-state index in [0.29, 0.717) is 18.0 Å². The standard InChI is InChI=1S/C18H19N3O3/c22-17(19-16-10-15(18(23)24)13-9-14(13)16)8-11-6-7-21(20-11)12-4-2-1-3-5-12/h1-7,13-16H,8-10H2,(H,19,22)(H,23,24)/t13-,14+,15-,16+/m1/s1. The Kier molecular flexibility index (Phi) is 3.59. The molecule has 0 unspecified atom stereocenters. The van der Waals surface area contributed by atoms with E-state index in [-0.39, 0.29) is 30.2 Å². The molecule has 24 heavy (non-hydrogen) atoms. The van der Waals surface area contributed by atoms with Crippen LogP contribution in [0.15, 0.2) is 42.6 Å². The van der Waals surface area contributed by atoms with Gasteiger partial charge in [-0.1, -0.05) is 18.2 Å². The van der Waals surface area contributed by atoms with E-state index >= 15 is 0 Å². The third kappa shape index (κ3) is 2.79. The smallest absolute Gasteiger partial charge is 0.306 e. The molecule has 2 aliphatic carbocycles. The highest BCUT2D eigenvalue weighted by molar-refractivity contribution is 5.79. The van der Waals surface area contributed by atoms with Crippen LogP contribution in [0, 0.1) is 17.8 Å². The van der Waals surface area contributed by atoms with E-state index in [4.69, 9.17) is 0 Å². The van der Waals surface area contributed by atoms with Crippen molar-refractivity contribution in [1.29, 1.82) is 0 Å². The molecule has 1 amide bonds. The van der Waals surface area contributed by atoms with E-state index in [2.05, 4.69) is 10.4 Å². The first-order valence-electron chi connectivity index (χ1n) is 8.24. The molecule has 1 aromatic carbocycles. The van der Waals surface area contributed by atoms with Crippen molar-refractivity contribution in [2.75, 3.05) is 0 Å². The molecule has 1 aromatic heterocycles. The molecule has 6 heteroatoms. The molecule has 4 atom stereocenters. The lowest BCUT2D eigenvalue weighted by Crippen LogP contribution is -2.37. The number of benzene rings is 1. The van der Waals surface area contributed by atoms with Crippen LogP contribution in [-0.2, 0) is 16.0 Å². The predicted octanol–water partition coefficient (Wildman–Crippen LogP) is 1.64. The molecule has 0 aliphatic heterocycles. The molecule has 0 radical (unpaired) electrons. The zero-order chi connectivity index (χ0) is 16.7. The summed E-state index contributed by atoms with van der Waals surface area (Å²) >= 11 is 0. The van der Waals surface area contributed by atoms with Gasteiger partial charge < -0.3 is 10.4 Å². The number of carbonyl (C=O) groups is 2. The summed E-state index contributed by atoms with van der Waals surface area (Å²) < 4.78 is 1.75. The van der Waals surface area contributed by atoms with Gasteiger partial charge in [0, 0.05) is 12.2 Å². The first-order valence-corrected chi connectivity index (χ1v) is 8.24. The maximum absolute atomic E-state index is 12.2. The number of para-hydroxylation sites is 1. The van der Waals surface area contributed by atoms with Gasteiger partial charge in [-0.2, -0.15) is 5.10 Å². The fourth-order valence-electron chi connectivity index (χ4n) is 3.84. The van der Waals surface area contributed by atoms with Crippen molar-refractivity contribution in [2.24, 2.45) is 17.8 Å². The van der Waals surface area contributed by atoms with Crippen molar-refractivity contribution in [2.45, 2.75) is 25.3 Å². The van der Waals surface area contributed by atoms with Crippen LogP contribution in [-0.4, -0.2) is 32.8 Å². The van der Waals surface area contributed by atoms with Crippen molar-refractivity contribution in [1.82, 2.24) is 15.1 Å². The zero-order valence-electron chi connectivity index (χ0n) is 13.1. The van der Waals surface area contributed by atoms with Crippen LogP contribution in [0.3, 0.4) is 0 Å². The molecule has 0 bridgehead atoms. The van der Waals surface area contributed by atoms with Crippen LogP contribution in [0.1, 0.15) is 18.5 Å². The van der Waals surface area contributed by atoms with Gasteiger partial charge in [0.1, 0.15) is 0 Å².